The van der Waals surface area contributed by atoms with E-state index in [0.717, 1.165) is 17.7 Å². The van der Waals surface area contributed by atoms with Crippen molar-refractivity contribution in [3.63, 3.8) is 0 Å². The fourth-order valence-corrected chi connectivity index (χ4v) is 2.33. The number of primary sulfonamides is 1. The minimum atomic E-state index is -3.67. The van der Waals surface area contributed by atoms with Crippen molar-refractivity contribution in [1.82, 2.24) is 5.32 Å². The van der Waals surface area contributed by atoms with Crippen LogP contribution in [0, 0.1) is 0 Å². The lowest BCUT2D eigenvalue weighted by Gasteiger charge is -2.13. The molecule has 5 nitrogen and oxygen atoms in total. The van der Waals surface area contributed by atoms with E-state index in [1.54, 1.807) is 12.1 Å². The predicted octanol–water partition coefficient (Wildman–Crippen LogP) is 1.37. The van der Waals surface area contributed by atoms with Gasteiger partial charge in [0.15, 0.2) is 0 Å². The molecule has 19 heavy (non-hydrogen) atoms. The van der Waals surface area contributed by atoms with Crippen LogP contribution >= 0.6 is 0 Å². The van der Waals surface area contributed by atoms with E-state index in [0.29, 0.717) is 19.2 Å². The van der Waals surface area contributed by atoms with Crippen molar-refractivity contribution >= 4 is 10.0 Å². The van der Waals surface area contributed by atoms with Gasteiger partial charge >= 0.3 is 0 Å². The molecule has 0 heterocycles. The monoisotopic (exact) mass is 284 g/mol. The minimum absolute atomic E-state index is 0.129. The van der Waals surface area contributed by atoms with Crippen LogP contribution < -0.4 is 15.2 Å². The molecule has 0 unspecified atom stereocenters. The Hall–Kier alpha value is -1.11. The molecule has 1 aromatic rings. The average Bonchev–Trinajstić information content (AvgIpc) is 3.17. The van der Waals surface area contributed by atoms with Crippen LogP contribution in [-0.4, -0.2) is 21.1 Å². The number of nitrogens with one attached hydrogen (secondary N) is 1. The Morgan fingerprint density at radius 3 is 2.74 bits per heavy atom. The van der Waals surface area contributed by atoms with Crippen LogP contribution in [0.25, 0.3) is 0 Å². The van der Waals surface area contributed by atoms with Crippen LogP contribution in [0.3, 0.4) is 0 Å². The van der Waals surface area contributed by atoms with Crippen LogP contribution in [-0.2, 0) is 16.6 Å². The van der Waals surface area contributed by atoms with Gasteiger partial charge in [-0.1, -0.05) is 6.92 Å². The molecule has 0 aromatic heterocycles. The van der Waals surface area contributed by atoms with Crippen LogP contribution in [0.2, 0.25) is 0 Å². The topological polar surface area (TPSA) is 81.4 Å². The molecule has 3 N–H and O–H groups in total. The third-order valence-corrected chi connectivity index (χ3v) is 3.89. The lowest BCUT2D eigenvalue weighted by atomic mass is 10.2. The lowest BCUT2D eigenvalue weighted by Crippen LogP contribution is -2.18. The molecule has 106 valence electrons. The van der Waals surface area contributed by atoms with Crippen LogP contribution in [0.4, 0.5) is 0 Å². The van der Waals surface area contributed by atoms with Gasteiger partial charge in [0.1, 0.15) is 5.75 Å². The van der Waals surface area contributed by atoms with Gasteiger partial charge in [-0.15, -0.1) is 0 Å². The molecule has 1 saturated carbocycles. The Morgan fingerprint density at radius 2 is 2.16 bits per heavy atom. The van der Waals surface area contributed by atoms with Gasteiger partial charge in [0.25, 0.3) is 0 Å². The van der Waals surface area contributed by atoms with Crippen molar-refractivity contribution in [3.8, 4) is 5.75 Å². The summed E-state index contributed by atoms with van der Waals surface area (Å²) in [6.45, 7) is 3.25. The number of rotatable bonds is 7. The summed E-state index contributed by atoms with van der Waals surface area (Å²) in [5, 5.41) is 8.51. The molecule has 1 aromatic carbocycles. The van der Waals surface area contributed by atoms with Crippen molar-refractivity contribution in [2.45, 2.75) is 43.7 Å². The average molecular weight is 284 g/mol. The van der Waals surface area contributed by atoms with Gasteiger partial charge in [-0.05, 0) is 37.5 Å². The molecule has 0 spiro atoms. The number of benzene rings is 1. The highest BCUT2D eigenvalue weighted by Crippen LogP contribution is 2.25. The van der Waals surface area contributed by atoms with E-state index in [1.165, 1.54) is 18.9 Å². The van der Waals surface area contributed by atoms with Crippen LogP contribution in [0.15, 0.2) is 23.1 Å². The Balaban J connectivity index is 2.20. The first-order chi connectivity index (χ1) is 9.00. The number of hydrogen-bond donors (Lipinski definition) is 2. The van der Waals surface area contributed by atoms with Gasteiger partial charge in [0.05, 0.1) is 11.5 Å². The summed E-state index contributed by atoms with van der Waals surface area (Å²) >= 11 is 0. The number of hydrogen-bond acceptors (Lipinski definition) is 4. The number of ether oxygens (including phenoxy) is 1. The van der Waals surface area contributed by atoms with Crippen molar-refractivity contribution in [1.29, 1.82) is 0 Å². The second kappa shape index (κ2) is 5.90. The molecule has 0 atom stereocenters. The molecule has 2 rings (SSSR count). The van der Waals surface area contributed by atoms with Gasteiger partial charge in [-0.2, -0.15) is 0 Å². The van der Waals surface area contributed by atoms with Crippen LogP contribution in [0.1, 0.15) is 31.7 Å². The molecule has 0 saturated heterocycles. The number of nitrogens with two attached hydrogens (primary N) is 1. The molecular formula is C13H20N2O3S. The van der Waals surface area contributed by atoms with E-state index in [4.69, 9.17) is 9.88 Å². The largest absolute Gasteiger partial charge is 0.493 e. The summed E-state index contributed by atoms with van der Waals surface area (Å²) < 4.78 is 28.4. The smallest absolute Gasteiger partial charge is 0.238 e. The minimum Gasteiger partial charge on any atom is -0.493 e. The SMILES string of the molecule is CCCOc1ccc(S(N)(=O)=O)cc1CNC1CC1. The van der Waals surface area contributed by atoms with Gasteiger partial charge in [0, 0.05) is 18.2 Å². The molecule has 0 aliphatic heterocycles. The maximum Gasteiger partial charge on any atom is 0.238 e. The molecular weight excluding hydrogens is 264 g/mol. The molecule has 1 aliphatic rings. The van der Waals surface area contributed by atoms with Crippen molar-refractivity contribution in [2.75, 3.05) is 6.61 Å². The van der Waals surface area contributed by atoms with Crippen molar-refractivity contribution < 1.29 is 13.2 Å². The Bertz CT molecular complexity index is 539. The number of sulfonamides is 1. The normalized spacial score (nSPS) is 15.5. The maximum atomic E-state index is 11.4. The van der Waals surface area contributed by atoms with Crippen molar-refractivity contribution in [3.05, 3.63) is 23.8 Å². The quantitative estimate of drug-likeness (QED) is 0.792. The highest BCUT2D eigenvalue weighted by atomic mass is 32.2. The summed E-state index contributed by atoms with van der Waals surface area (Å²) in [4.78, 5) is 0.129. The van der Waals surface area contributed by atoms with E-state index in [-0.39, 0.29) is 4.90 Å². The Kier molecular flexibility index (Phi) is 4.44. The zero-order valence-electron chi connectivity index (χ0n) is 11.1. The van der Waals surface area contributed by atoms with E-state index >= 15 is 0 Å². The molecule has 0 amide bonds. The van der Waals surface area contributed by atoms with E-state index in [1.807, 2.05) is 6.92 Å². The fourth-order valence-electron chi connectivity index (χ4n) is 1.77. The predicted molar refractivity (Wildman–Crippen MR) is 73.5 cm³/mol. The second-order valence-electron chi connectivity index (χ2n) is 4.82. The first-order valence-electron chi connectivity index (χ1n) is 6.52. The zero-order chi connectivity index (χ0) is 13.9. The first kappa shape index (κ1) is 14.3. The molecule has 0 radical (unpaired) electrons. The molecule has 6 heteroatoms. The van der Waals surface area contributed by atoms with Crippen LogP contribution in [0.5, 0.6) is 5.75 Å². The molecule has 0 bridgehead atoms. The third kappa shape index (κ3) is 4.19. The standard InChI is InChI=1S/C13H20N2O3S/c1-2-7-18-13-6-5-12(19(14,16)17)8-10(13)9-15-11-3-4-11/h5-6,8,11,15H,2-4,7,9H2,1H3,(H2,14,16,17). The summed E-state index contributed by atoms with van der Waals surface area (Å²) in [7, 11) is -3.67. The van der Waals surface area contributed by atoms with Gasteiger partial charge < -0.3 is 10.1 Å². The lowest BCUT2D eigenvalue weighted by molar-refractivity contribution is 0.313. The van der Waals surface area contributed by atoms with E-state index in [9.17, 15) is 8.42 Å². The first-order valence-corrected chi connectivity index (χ1v) is 8.07. The maximum absolute atomic E-state index is 11.4. The summed E-state index contributed by atoms with van der Waals surface area (Å²) in [6, 6.07) is 5.31. The highest BCUT2D eigenvalue weighted by molar-refractivity contribution is 7.89. The molecule has 1 fully saturated rings. The van der Waals surface area contributed by atoms with E-state index < -0.39 is 10.0 Å². The van der Waals surface area contributed by atoms with E-state index in [2.05, 4.69) is 5.32 Å². The third-order valence-electron chi connectivity index (χ3n) is 2.98. The van der Waals surface area contributed by atoms with Gasteiger partial charge in [-0.3, -0.25) is 0 Å². The zero-order valence-corrected chi connectivity index (χ0v) is 11.9. The van der Waals surface area contributed by atoms with Gasteiger partial charge in [0.2, 0.25) is 10.0 Å². The Labute approximate surface area is 114 Å². The van der Waals surface area contributed by atoms with Gasteiger partial charge in [-0.25, -0.2) is 13.6 Å². The Morgan fingerprint density at radius 1 is 1.42 bits per heavy atom. The van der Waals surface area contributed by atoms with Crippen molar-refractivity contribution in [2.24, 2.45) is 5.14 Å². The second-order valence-corrected chi connectivity index (χ2v) is 6.38. The highest BCUT2D eigenvalue weighted by Gasteiger charge is 2.21. The fraction of sp³-hybridized carbons (Fsp3) is 0.538. The summed E-state index contributed by atoms with van der Waals surface area (Å²) in [5.74, 6) is 0.724. The summed E-state index contributed by atoms with van der Waals surface area (Å²) in [6.07, 6.45) is 3.27. The molecule has 1 aliphatic carbocycles. The summed E-state index contributed by atoms with van der Waals surface area (Å²) in [5.41, 5.74) is 0.840.